The van der Waals surface area contributed by atoms with Gasteiger partial charge in [-0.15, -0.1) is 0 Å². The summed E-state index contributed by atoms with van der Waals surface area (Å²) < 4.78 is 1.16. The molecule has 0 spiro atoms. The van der Waals surface area contributed by atoms with Crippen molar-refractivity contribution in [2.45, 2.75) is 6.54 Å². The zero-order chi connectivity index (χ0) is 10.8. The van der Waals surface area contributed by atoms with Gasteiger partial charge in [-0.1, -0.05) is 12.1 Å². The SMILES string of the molecule is O=c1[nH]c2ccccc2c(=O)n1CCS. The second-order valence-corrected chi connectivity index (χ2v) is 3.60. The average molecular weight is 222 g/mol. The number of H-pyrrole nitrogens is 1. The highest BCUT2D eigenvalue weighted by atomic mass is 32.1. The first-order valence-electron chi connectivity index (χ1n) is 4.57. The molecule has 2 aromatic rings. The molecule has 78 valence electrons. The van der Waals surface area contributed by atoms with Crippen molar-refractivity contribution < 1.29 is 0 Å². The minimum absolute atomic E-state index is 0.261. The molecule has 1 N–H and O–H groups in total. The first-order chi connectivity index (χ1) is 7.24. The Morgan fingerprint density at radius 2 is 2.00 bits per heavy atom. The van der Waals surface area contributed by atoms with Crippen molar-refractivity contribution in [3.05, 3.63) is 45.1 Å². The van der Waals surface area contributed by atoms with E-state index < -0.39 is 0 Å². The molecule has 0 aliphatic carbocycles. The van der Waals surface area contributed by atoms with Crippen LogP contribution in [0.25, 0.3) is 10.9 Å². The zero-order valence-corrected chi connectivity index (χ0v) is 8.83. The molecule has 4 nitrogen and oxygen atoms in total. The number of nitrogens with zero attached hydrogens (tertiary/aromatic N) is 1. The maximum absolute atomic E-state index is 11.8. The molecule has 0 amide bonds. The zero-order valence-electron chi connectivity index (χ0n) is 7.93. The lowest BCUT2D eigenvalue weighted by atomic mass is 10.2. The Hall–Kier alpha value is -1.49. The number of hydrogen-bond donors (Lipinski definition) is 2. The van der Waals surface area contributed by atoms with Crippen molar-refractivity contribution in [2.75, 3.05) is 5.75 Å². The second kappa shape index (κ2) is 3.94. The van der Waals surface area contributed by atoms with Gasteiger partial charge in [0.1, 0.15) is 0 Å². The Bertz CT molecular complexity index is 600. The second-order valence-electron chi connectivity index (χ2n) is 3.16. The van der Waals surface area contributed by atoms with Crippen LogP contribution in [0.3, 0.4) is 0 Å². The molecule has 0 radical (unpaired) electrons. The normalized spacial score (nSPS) is 10.7. The van der Waals surface area contributed by atoms with Crippen molar-refractivity contribution in [3.63, 3.8) is 0 Å². The van der Waals surface area contributed by atoms with E-state index in [1.54, 1.807) is 24.3 Å². The van der Waals surface area contributed by atoms with E-state index in [-0.39, 0.29) is 11.2 Å². The summed E-state index contributed by atoms with van der Waals surface area (Å²) in [6.45, 7) is 0.322. The van der Waals surface area contributed by atoms with Gasteiger partial charge < -0.3 is 4.98 Å². The number of benzene rings is 1. The number of thiol groups is 1. The summed E-state index contributed by atoms with van der Waals surface area (Å²) in [4.78, 5) is 26.0. The largest absolute Gasteiger partial charge is 0.328 e. The van der Waals surface area contributed by atoms with Gasteiger partial charge in [0, 0.05) is 12.3 Å². The quantitative estimate of drug-likeness (QED) is 0.732. The summed E-state index contributed by atoms with van der Waals surface area (Å²) in [7, 11) is 0. The Labute approximate surface area is 91.0 Å². The minimum atomic E-state index is -0.382. The van der Waals surface area contributed by atoms with E-state index in [1.807, 2.05) is 0 Å². The number of fused-ring (bicyclic) bond motifs is 1. The molecular formula is C10H10N2O2S. The molecule has 0 bridgehead atoms. The van der Waals surface area contributed by atoms with Gasteiger partial charge in [-0.05, 0) is 12.1 Å². The van der Waals surface area contributed by atoms with E-state index in [0.717, 1.165) is 4.57 Å². The smallest absolute Gasteiger partial charge is 0.307 e. The van der Waals surface area contributed by atoms with Gasteiger partial charge in [0.05, 0.1) is 10.9 Å². The van der Waals surface area contributed by atoms with Crippen molar-refractivity contribution in [1.29, 1.82) is 0 Å². The lowest BCUT2D eigenvalue weighted by Gasteiger charge is -2.03. The van der Waals surface area contributed by atoms with Crippen molar-refractivity contribution in [1.82, 2.24) is 9.55 Å². The fourth-order valence-corrected chi connectivity index (χ4v) is 1.70. The van der Waals surface area contributed by atoms with E-state index in [1.165, 1.54) is 0 Å². The predicted octanol–water partition coefficient (Wildman–Crippen LogP) is 0.620. The van der Waals surface area contributed by atoms with E-state index in [2.05, 4.69) is 17.6 Å². The molecule has 1 aromatic carbocycles. The van der Waals surface area contributed by atoms with Gasteiger partial charge in [0.25, 0.3) is 5.56 Å². The summed E-state index contributed by atoms with van der Waals surface area (Å²) >= 11 is 4.01. The van der Waals surface area contributed by atoms with Gasteiger partial charge >= 0.3 is 5.69 Å². The maximum Gasteiger partial charge on any atom is 0.328 e. The first kappa shape index (κ1) is 10.0. The molecule has 0 aliphatic rings. The molecule has 1 aromatic heterocycles. The number of rotatable bonds is 2. The van der Waals surface area contributed by atoms with E-state index >= 15 is 0 Å². The number of aromatic nitrogens is 2. The van der Waals surface area contributed by atoms with E-state index in [9.17, 15) is 9.59 Å². The summed E-state index contributed by atoms with van der Waals surface area (Å²) in [5.41, 5.74) is -0.0703. The molecule has 1 heterocycles. The molecule has 0 atom stereocenters. The number of hydrogen-bond acceptors (Lipinski definition) is 3. The van der Waals surface area contributed by atoms with Gasteiger partial charge in [0.15, 0.2) is 0 Å². The van der Waals surface area contributed by atoms with Crippen molar-refractivity contribution in [3.8, 4) is 0 Å². The van der Waals surface area contributed by atoms with Gasteiger partial charge in [-0.2, -0.15) is 12.6 Å². The topological polar surface area (TPSA) is 54.9 Å². The lowest BCUT2D eigenvalue weighted by molar-refractivity contribution is 0.692. The highest BCUT2D eigenvalue weighted by Crippen LogP contribution is 2.02. The summed E-state index contributed by atoms with van der Waals surface area (Å²) in [5.74, 6) is 0.460. The molecule has 0 fully saturated rings. The molecular weight excluding hydrogens is 212 g/mol. The highest BCUT2D eigenvalue weighted by Gasteiger charge is 2.05. The Balaban J connectivity index is 2.85. The Morgan fingerprint density at radius 1 is 1.27 bits per heavy atom. The molecule has 2 rings (SSSR count). The molecule has 15 heavy (non-hydrogen) atoms. The lowest BCUT2D eigenvalue weighted by Crippen LogP contribution is -2.35. The van der Waals surface area contributed by atoms with Crippen LogP contribution in [0.2, 0.25) is 0 Å². The minimum Gasteiger partial charge on any atom is -0.307 e. The molecule has 0 saturated heterocycles. The van der Waals surface area contributed by atoms with Crippen LogP contribution in [-0.2, 0) is 6.54 Å². The fraction of sp³-hybridized carbons (Fsp3) is 0.200. The number of aromatic amines is 1. The number of nitrogens with one attached hydrogen (secondary N) is 1. The highest BCUT2D eigenvalue weighted by molar-refractivity contribution is 7.80. The van der Waals surface area contributed by atoms with E-state index in [4.69, 9.17) is 0 Å². The fourth-order valence-electron chi connectivity index (χ4n) is 1.50. The van der Waals surface area contributed by atoms with Crippen LogP contribution >= 0.6 is 12.6 Å². The molecule has 0 unspecified atom stereocenters. The van der Waals surface area contributed by atoms with Gasteiger partial charge in [-0.25, -0.2) is 4.79 Å². The average Bonchev–Trinajstić information content (AvgIpc) is 2.24. The van der Waals surface area contributed by atoms with Crippen LogP contribution in [0, 0.1) is 0 Å². The van der Waals surface area contributed by atoms with Crippen molar-refractivity contribution >= 4 is 23.5 Å². The Kier molecular flexibility index (Phi) is 2.64. The molecule has 0 saturated carbocycles. The standard InChI is InChI=1S/C10H10N2O2S/c13-9-7-3-1-2-4-8(7)11-10(14)12(9)5-6-15/h1-4,15H,5-6H2,(H,11,14). The predicted molar refractivity (Wildman–Crippen MR) is 62.7 cm³/mol. The number of para-hydroxylation sites is 1. The summed E-state index contributed by atoms with van der Waals surface area (Å²) in [5, 5.41) is 0.527. The first-order valence-corrected chi connectivity index (χ1v) is 5.20. The van der Waals surface area contributed by atoms with Gasteiger partial charge in [-0.3, -0.25) is 9.36 Å². The monoisotopic (exact) mass is 222 g/mol. The molecule has 5 heteroatoms. The van der Waals surface area contributed by atoms with Crippen LogP contribution in [0.5, 0.6) is 0 Å². The maximum atomic E-state index is 11.8. The van der Waals surface area contributed by atoms with Crippen LogP contribution in [0.1, 0.15) is 0 Å². The summed E-state index contributed by atoms with van der Waals surface area (Å²) in [6, 6.07) is 6.96. The van der Waals surface area contributed by atoms with Crippen LogP contribution in [0.15, 0.2) is 33.9 Å². The Morgan fingerprint density at radius 3 is 2.73 bits per heavy atom. The third kappa shape index (κ3) is 1.70. The third-order valence-electron chi connectivity index (χ3n) is 2.21. The van der Waals surface area contributed by atoms with E-state index in [0.29, 0.717) is 23.2 Å². The third-order valence-corrected chi connectivity index (χ3v) is 2.41. The summed E-state index contributed by atoms with van der Waals surface area (Å²) in [6.07, 6.45) is 0. The van der Waals surface area contributed by atoms with Crippen LogP contribution in [-0.4, -0.2) is 15.3 Å². The van der Waals surface area contributed by atoms with Crippen LogP contribution in [0.4, 0.5) is 0 Å². The van der Waals surface area contributed by atoms with Crippen molar-refractivity contribution in [2.24, 2.45) is 0 Å². The van der Waals surface area contributed by atoms with Gasteiger partial charge in [0.2, 0.25) is 0 Å². The molecule has 0 aliphatic heterocycles. The van der Waals surface area contributed by atoms with Crippen LogP contribution < -0.4 is 11.2 Å².